The number of hydrogen-bond donors (Lipinski definition) is 1. The summed E-state index contributed by atoms with van der Waals surface area (Å²) in [5.74, 6) is 0.293. The molecule has 1 amide bonds. The Morgan fingerprint density at radius 1 is 1.61 bits per heavy atom. The number of hydrogen-bond acceptors (Lipinski definition) is 2. The van der Waals surface area contributed by atoms with E-state index in [4.69, 9.17) is 11.6 Å². The summed E-state index contributed by atoms with van der Waals surface area (Å²) < 4.78 is 0. The van der Waals surface area contributed by atoms with Crippen molar-refractivity contribution in [2.75, 3.05) is 11.9 Å². The highest BCUT2D eigenvalue weighted by molar-refractivity contribution is 9.09. The van der Waals surface area contributed by atoms with Crippen molar-refractivity contribution in [1.82, 2.24) is 4.90 Å². The van der Waals surface area contributed by atoms with Crippen LogP contribution in [0.15, 0.2) is 18.2 Å². The van der Waals surface area contributed by atoms with E-state index >= 15 is 0 Å². The Kier molecular flexibility index (Phi) is 4.17. The number of rotatable bonds is 2. The maximum absolute atomic E-state index is 12.4. The lowest BCUT2D eigenvalue weighted by Gasteiger charge is -2.25. The zero-order chi connectivity index (χ0) is 13.3. The van der Waals surface area contributed by atoms with Crippen LogP contribution in [0.3, 0.4) is 0 Å². The van der Waals surface area contributed by atoms with Gasteiger partial charge in [0.05, 0.1) is 5.56 Å². The van der Waals surface area contributed by atoms with Crippen molar-refractivity contribution in [2.45, 2.75) is 19.4 Å². The van der Waals surface area contributed by atoms with Crippen molar-refractivity contribution < 1.29 is 9.90 Å². The Bertz CT molecular complexity index is 466. The Morgan fingerprint density at radius 2 is 2.33 bits per heavy atom. The number of halogens is 2. The van der Waals surface area contributed by atoms with Crippen LogP contribution in [-0.4, -0.2) is 33.8 Å². The van der Waals surface area contributed by atoms with Gasteiger partial charge in [0.25, 0.3) is 5.91 Å². The summed E-state index contributed by atoms with van der Waals surface area (Å²) in [6.45, 7) is 2.87. The zero-order valence-electron chi connectivity index (χ0n) is 10.1. The molecule has 2 unspecified atom stereocenters. The first-order chi connectivity index (χ1) is 8.54. The third-order valence-electron chi connectivity index (χ3n) is 3.49. The van der Waals surface area contributed by atoms with Crippen LogP contribution in [0.1, 0.15) is 23.7 Å². The quantitative estimate of drug-likeness (QED) is 0.844. The Morgan fingerprint density at radius 3 is 2.94 bits per heavy atom. The summed E-state index contributed by atoms with van der Waals surface area (Å²) in [4.78, 5) is 14.2. The van der Waals surface area contributed by atoms with Gasteiger partial charge in [0, 0.05) is 22.9 Å². The smallest absolute Gasteiger partial charge is 0.257 e. The predicted molar refractivity (Wildman–Crippen MR) is 75.5 cm³/mol. The highest BCUT2D eigenvalue weighted by Crippen LogP contribution is 2.30. The molecule has 0 aromatic heterocycles. The summed E-state index contributed by atoms with van der Waals surface area (Å²) in [5.41, 5.74) is 0.319. The molecule has 0 bridgehead atoms. The summed E-state index contributed by atoms with van der Waals surface area (Å²) in [5, 5.41) is 11.0. The normalized spacial score (nSPS) is 23.4. The van der Waals surface area contributed by atoms with Gasteiger partial charge in [0.1, 0.15) is 5.75 Å². The van der Waals surface area contributed by atoms with Crippen molar-refractivity contribution in [3.8, 4) is 5.75 Å². The van der Waals surface area contributed by atoms with Crippen LogP contribution in [0, 0.1) is 5.92 Å². The lowest BCUT2D eigenvalue weighted by atomic mass is 10.0. The van der Waals surface area contributed by atoms with Crippen LogP contribution in [0.2, 0.25) is 5.02 Å². The van der Waals surface area contributed by atoms with Crippen LogP contribution in [0.5, 0.6) is 5.75 Å². The fraction of sp³-hybridized carbons (Fsp3) is 0.462. The molecular formula is C13H15BrClNO2. The van der Waals surface area contributed by atoms with E-state index < -0.39 is 0 Å². The molecule has 0 aliphatic carbocycles. The SMILES string of the molecule is CC1CCN(C(=O)c2ccc(Cl)cc2O)C1CBr. The van der Waals surface area contributed by atoms with Crippen LogP contribution < -0.4 is 0 Å². The average molecular weight is 333 g/mol. The highest BCUT2D eigenvalue weighted by atomic mass is 79.9. The minimum atomic E-state index is -0.127. The van der Waals surface area contributed by atoms with E-state index in [9.17, 15) is 9.90 Å². The molecule has 1 aromatic rings. The number of carbonyl (C=O) groups is 1. The largest absolute Gasteiger partial charge is 0.507 e. The number of amides is 1. The second-order valence-corrected chi connectivity index (χ2v) is 5.73. The maximum Gasteiger partial charge on any atom is 0.257 e. The molecular weight excluding hydrogens is 318 g/mol. The van der Waals surface area contributed by atoms with E-state index in [0.29, 0.717) is 16.5 Å². The summed E-state index contributed by atoms with van der Waals surface area (Å²) >= 11 is 9.22. The number of phenols is 1. The number of nitrogens with zero attached hydrogens (tertiary/aromatic N) is 1. The standard InChI is InChI=1S/C13H15BrClNO2/c1-8-4-5-16(11(8)7-14)13(18)10-3-2-9(15)6-12(10)17/h2-3,6,8,11,17H,4-5,7H2,1H3. The maximum atomic E-state index is 12.4. The molecule has 3 nitrogen and oxygen atoms in total. The third-order valence-corrected chi connectivity index (χ3v) is 4.39. The second kappa shape index (κ2) is 5.49. The van der Waals surface area contributed by atoms with E-state index in [1.165, 1.54) is 6.07 Å². The molecule has 5 heteroatoms. The van der Waals surface area contributed by atoms with E-state index in [-0.39, 0.29) is 17.7 Å². The summed E-state index contributed by atoms with van der Waals surface area (Å²) in [6.07, 6.45) is 0.996. The molecule has 2 atom stereocenters. The van der Waals surface area contributed by atoms with E-state index in [0.717, 1.165) is 18.3 Å². The molecule has 0 radical (unpaired) electrons. The molecule has 2 rings (SSSR count). The molecule has 98 valence electrons. The first-order valence-electron chi connectivity index (χ1n) is 5.90. The van der Waals surface area contributed by atoms with Crippen molar-refractivity contribution in [3.05, 3.63) is 28.8 Å². The lowest BCUT2D eigenvalue weighted by molar-refractivity contribution is 0.0735. The van der Waals surface area contributed by atoms with Crippen molar-refractivity contribution in [2.24, 2.45) is 5.92 Å². The summed E-state index contributed by atoms with van der Waals surface area (Å²) in [6, 6.07) is 4.79. The minimum absolute atomic E-state index is 0.0552. The van der Waals surface area contributed by atoms with Gasteiger partial charge >= 0.3 is 0 Å². The molecule has 0 spiro atoms. The van der Waals surface area contributed by atoms with Gasteiger partial charge in [0.15, 0.2) is 0 Å². The number of benzene rings is 1. The molecule has 1 aliphatic heterocycles. The third kappa shape index (κ3) is 2.50. The highest BCUT2D eigenvalue weighted by Gasteiger charge is 2.34. The monoisotopic (exact) mass is 331 g/mol. The molecule has 1 heterocycles. The van der Waals surface area contributed by atoms with Gasteiger partial charge in [-0.3, -0.25) is 4.79 Å². The summed E-state index contributed by atoms with van der Waals surface area (Å²) in [7, 11) is 0. The van der Waals surface area contributed by atoms with Crippen molar-refractivity contribution >= 4 is 33.4 Å². The van der Waals surface area contributed by atoms with Crippen LogP contribution in [0.4, 0.5) is 0 Å². The number of phenolic OH excluding ortho intramolecular Hbond substituents is 1. The Labute approximate surface area is 120 Å². The van der Waals surface area contributed by atoms with Gasteiger partial charge in [-0.05, 0) is 30.5 Å². The van der Waals surface area contributed by atoms with Gasteiger partial charge in [0.2, 0.25) is 0 Å². The second-order valence-electron chi connectivity index (χ2n) is 4.65. The van der Waals surface area contributed by atoms with Crippen LogP contribution >= 0.6 is 27.5 Å². The number of likely N-dealkylation sites (tertiary alicyclic amines) is 1. The number of carbonyl (C=O) groups excluding carboxylic acids is 1. The van der Waals surface area contributed by atoms with E-state index in [1.54, 1.807) is 12.1 Å². The number of alkyl halides is 1. The average Bonchev–Trinajstić information content (AvgIpc) is 2.69. The Balaban J connectivity index is 2.26. The number of aromatic hydroxyl groups is 1. The molecule has 1 saturated heterocycles. The Hall–Kier alpha value is -0.740. The van der Waals surface area contributed by atoms with Gasteiger partial charge in [-0.2, -0.15) is 0 Å². The fourth-order valence-electron chi connectivity index (χ4n) is 2.34. The fourth-order valence-corrected chi connectivity index (χ4v) is 3.49. The predicted octanol–water partition coefficient (Wildman–Crippen LogP) is 3.29. The molecule has 18 heavy (non-hydrogen) atoms. The van der Waals surface area contributed by atoms with Crippen molar-refractivity contribution in [3.63, 3.8) is 0 Å². The van der Waals surface area contributed by atoms with Crippen LogP contribution in [0.25, 0.3) is 0 Å². The van der Waals surface area contributed by atoms with Crippen LogP contribution in [-0.2, 0) is 0 Å². The van der Waals surface area contributed by atoms with Crippen molar-refractivity contribution in [1.29, 1.82) is 0 Å². The first-order valence-corrected chi connectivity index (χ1v) is 7.40. The zero-order valence-corrected chi connectivity index (χ0v) is 12.4. The molecule has 1 aliphatic rings. The van der Waals surface area contributed by atoms with Gasteiger partial charge < -0.3 is 10.0 Å². The van der Waals surface area contributed by atoms with Gasteiger partial charge in [-0.25, -0.2) is 0 Å². The van der Waals surface area contributed by atoms with Gasteiger partial charge in [-0.1, -0.05) is 34.5 Å². The molecule has 1 aromatic carbocycles. The van der Waals surface area contributed by atoms with Gasteiger partial charge in [-0.15, -0.1) is 0 Å². The lowest BCUT2D eigenvalue weighted by Crippen LogP contribution is -2.38. The molecule has 1 fully saturated rings. The minimum Gasteiger partial charge on any atom is -0.507 e. The molecule has 1 N–H and O–H groups in total. The van der Waals surface area contributed by atoms with E-state index in [1.807, 2.05) is 4.90 Å². The molecule has 0 saturated carbocycles. The van der Waals surface area contributed by atoms with E-state index in [2.05, 4.69) is 22.9 Å². The topological polar surface area (TPSA) is 40.5 Å². The first kappa shape index (κ1) is 13.7.